The van der Waals surface area contributed by atoms with E-state index in [2.05, 4.69) is 10.6 Å². The second kappa shape index (κ2) is 7.71. The Morgan fingerprint density at radius 3 is 2.72 bits per heavy atom. The molecule has 1 rings (SSSR count). The lowest BCUT2D eigenvalue weighted by Crippen LogP contribution is -2.35. The van der Waals surface area contributed by atoms with E-state index >= 15 is 0 Å². The fraction of sp³-hybridized carbons (Fsp3) is 0.500. The zero-order valence-electron chi connectivity index (χ0n) is 11.3. The predicted octanol–water partition coefficient (Wildman–Crippen LogP) is 1.56. The number of carbonyl (C=O) groups excluding carboxylic acids is 1. The molecule has 1 aromatic carbocycles. The van der Waals surface area contributed by atoms with Crippen molar-refractivity contribution < 1.29 is 9.53 Å². The first-order valence-corrected chi connectivity index (χ1v) is 6.27. The fourth-order valence-electron chi connectivity index (χ4n) is 1.84. The van der Waals surface area contributed by atoms with Gasteiger partial charge in [0.1, 0.15) is 5.75 Å². The molecule has 0 bridgehead atoms. The van der Waals surface area contributed by atoms with Crippen LogP contribution in [0.1, 0.15) is 18.9 Å². The van der Waals surface area contributed by atoms with Gasteiger partial charge < -0.3 is 15.4 Å². The molecule has 0 aliphatic carbocycles. The van der Waals surface area contributed by atoms with Crippen molar-refractivity contribution in [2.75, 3.05) is 20.7 Å². The number of hydrogen-bond donors (Lipinski definition) is 2. The van der Waals surface area contributed by atoms with Gasteiger partial charge in [0, 0.05) is 18.7 Å². The lowest BCUT2D eigenvalue weighted by atomic mass is 10.1. The maximum Gasteiger partial charge on any atom is 0.224 e. The van der Waals surface area contributed by atoms with E-state index in [0.717, 1.165) is 17.7 Å². The van der Waals surface area contributed by atoms with Gasteiger partial charge in [-0.05, 0) is 19.5 Å². The van der Waals surface area contributed by atoms with Crippen LogP contribution >= 0.6 is 0 Å². The van der Waals surface area contributed by atoms with E-state index in [1.54, 1.807) is 7.11 Å². The van der Waals surface area contributed by atoms with Gasteiger partial charge in [0.2, 0.25) is 5.91 Å². The van der Waals surface area contributed by atoms with Crippen molar-refractivity contribution >= 4 is 5.91 Å². The largest absolute Gasteiger partial charge is 0.496 e. The Morgan fingerprint density at radius 1 is 1.39 bits per heavy atom. The van der Waals surface area contributed by atoms with Crippen molar-refractivity contribution in [3.8, 4) is 5.75 Å². The molecule has 1 unspecified atom stereocenters. The monoisotopic (exact) mass is 250 g/mol. The molecule has 0 spiro atoms. The Kier molecular flexibility index (Phi) is 6.22. The molecular formula is C14H22N2O2. The van der Waals surface area contributed by atoms with E-state index in [-0.39, 0.29) is 11.8 Å². The summed E-state index contributed by atoms with van der Waals surface area (Å²) in [6.07, 6.45) is 0.832. The number of methoxy groups -OCH3 is 1. The quantitative estimate of drug-likeness (QED) is 0.772. The molecule has 0 fully saturated rings. The summed E-state index contributed by atoms with van der Waals surface area (Å²) in [7, 11) is 3.49. The standard InChI is InChI=1S/C14H22N2O2/c1-4-11(9-15-2)14(17)16-10-12-7-5-6-8-13(12)18-3/h5-8,11,15H,4,9-10H2,1-3H3,(H,16,17). The second-order valence-electron chi connectivity index (χ2n) is 4.19. The van der Waals surface area contributed by atoms with Crippen LogP contribution in [0.3, 0.4) is 0 Å². The minimum absolute atomic E-state index is 0.0182. The van der Waals surface area contributed by atoms with Crippen LogP contribution in [0, 0.1) is 5.92 Å². The van der Waals surface area contributed by atoms with Gasteiger partial charge in [-0.1, -0.05) is 25.1 Å². The maximum atomic E-state index is 11.9. The van der Waals surface area contributed by atoms with E-state index in [1.807, 2.05) is 38.2 Å². The topological polar surface area (TPSA) is 50.4 Å². The third kappa shape index (κ3) is 4.04. The summed E-state index contributed by atoms with van der Waals surface area (Å²) in [4.78, 5) is 11.9. The normalized spacial score (nSPS) is 11.9. The number of hydrogen-bond acceptors (Lipinski definition) is 3. The molecule has 0 aliphatic rings. The van der Waals surface area contributed by atoms with Crippen molar-refractivity contribution in [2.24, 2.45) is 5.92 Å². The molecular weight excluding hydrogens is 228 g/mol. The van der Waals surface area contributed by atoms with Gasteiger partial charge in [0.25, 0.3) is 0 Å². The van der Waals surface area contributed by atoms with Gasteiger partial charge in [-0.15, -0.1) is 0 Å². The maximum absolute atomic E-state index is 11.9. The molecule has 18 heavy (non-hydrogen) atoms. The van der Waals surface area contributed by atoms with Crippen LogP contribution in [0.15, 0.2) is 24.3 Å². The molecule has 0 aliphatic heterocycles. The number of nitrogens with one attached hydrogen (secondary N) is 2. The average molecular weight is 250 g/mol. The van der Waals surface area contributed by atoms with Gasteiger partial charge >= 0.3 is 0 Å². The molecule has 0 saturated heterocycles. The molecule has 1 aromatic rings. The Morgan fingerprint density at radius 2 is 2.11 bits per heavy atom. The highest BCUT2D eigenvalue weighted by Crippen LogP contribution is 2.16. The third-order valence-corrected chi connectivity index (χ3v) is 2.96. The summed E-state index contributed by atoms with van der Waals surface area (Å²) in [5, 5.41) is 5.99. The Balaban J connectivity index is 2.56. The van der Waals surface area contributed by atoms with Crippen LogP contribution in [-0.2, 0) is 11.3 Å². The average Bonchev–Trinajstić information content (AvgIpc) is 2.42. The smallest absolute Gasteiger partial charge is 0.224 e. The number of carbonyl (C=O) groups is 1. The highest BCUT2D eigenvalue weighted by Gasteiger charge is 2.15. The number of amides is 1. The number of rotatable bonds is 7. The summed E-state index contributed by atoms with van der Waals surface area (Å²) in [6.45, 7) is 3.22. The molecule has 0 saturated carbocycles. The summed E-state index contributed by atoms with van der Waals surface area (Å²) in [5.74, 6) is 0.905. The molecule has 4 nitrogen and oxygen atoms in total. The lowest BCUT2D eigenvalue weighted by molar-refractivity contribution is -0.125. The summed E-state index contributed by atoms with van der Waals surface area (Å²) < 4.78 is 5.25. The van der Waals surface area contributed by atoms with E-state index in [9.17, 15) is 4.79 Å². The first-order valence-electron chi connectivity index (χ1n) is 6.27. The Bertz CT molecular complexity index is 380. The highest BCUT2D eigenvalue weighted by atomic mass is 16.5. The van der Waals surface area contributed by atoms with Crippen molar-refractivity contribution in [1.82, 2.24) is 10.6 Å². The van der Waals surface area contributed by atoms with Crippen molar-refractivity contribution in [1.29, 1.82) is 0 Å². The minimum Gasteiger partial charge on any atom is -0.496 e. The highest BCUT2D eigenvalue weighted by molar-refractivity contribution is 5.78. The van der Waals surface area contributed by atoms with Crippen LogP contribution in [0.5, 0.6) is 5.75 Å². The van der Waals surface area contributed by atoms with Gasteiger partial charge in [-0.2, -0.15) is 0 Å². The predicted molar refractivity (Wildman–Crippen MR) is 72.5 cm³/mol. The van der Waals surface area contributed by atoms with Crippen molar-refractivity contribution in [2.45, 2.75) is 19.9 Å². The minimum atomic E-state index is 0.0182. The van der Waals surface area contributed by atoms with Crippen LogP contribution in [-0.4, -0.2) is 26.6 Å². The van der Waals surface area contributed by atoms with Gasteiger partial charge in [0.15, 0.2) is 0 Å². The van der Waals surface area contributed by atoms with Crippen LogP contribution in [0.25, 0.3) is 0 Å². The molecule has 100 valence electrons. The van der Waals surface area contributed by atoms with Crippen LogP contribution in [0.4, 0.5) is 0 Å². The Labute approximate surface area is 109 Å². The Hall–Kier alpha value is -1.55. The second-order valence-corrected chi connectivity index (χ2v) is 4.19. The van der Waals surface area contributed by atoms with Gasteiger partial charge in [-0.3, -0.25) is 4.79 Å². The third-order valence-electron chi connectivity index (χ3n) is 2.96. The summed E-state index contributed by atoms with van der Waals surface area (Å²) in [5.41, 5.74) is 0.993. The molecule has 0 radical (unpaired) electrons. The zero-order chi connectivity index (χ0) is 13.4. The van der Waals surface area contributed by atoms with Crippen LogP contribution < -0.4 is 15.4 Å². The van der Waals surface area contributed by atoms with Crippen LogP contribution in [0.2, 0.25) is 0 Å². The van der Waals surface area contributed by atoms with E-state index < -0.39 is 0 Å². The molecule has 4 heteroatoms. The van der Waals surface area contributed by atoms with Crippen molar-refractivity contribution in [3.63, 3.8) is 0 Å². The van der Waals surface area contributed by atoms with E-state index in [4.69, 9.17) is 4.74 Å². The van der Waals surface area contributed by atoms with Gasteiger partial charge in [0.05, 0.1) is 13.0 Å². The van der Waals surface area contributed by atoms with Gasteiger partial charge in [-0.25, -0.2) is 0 Å². The molecule has 1 amide bonds. The van der Waals surface area contributed by atoms with E-state index in [1.165, 1.54) is 0 Å². The molecule has 2 N–H and O–H groups in total. The number of benzene rings is 1. The molecule has 1 atom stereocenters. The summed E-state index contributed by atoms with van der Waals surface area (Å²) in [6, 6.07) is 7.71. The molecule has 0 heterocycles. The van der Waals surface area contributed by atoms with Crippen molar-refractivity contribution in [3.05, 3.63) is 29.8 Å². The summed E-state index contributed by atoms with van der Waals surface area (Å²) >= 11 is 0. The first kappa shape index (κ1) is 14.5. The first-order chi connectivity index (χ1) is 8.72. The zero-order valence-corrected chi connectivity index (χ0v) is 11.3. The SMILES string of the molecule is CCC(CNC)C(=O)NCc1ccccc1OC. The number of para-hydroxylation sites is 1. The fourth-order valence-corrected chi connectivity index (χ4v) is 1.84. The van der Waals surface area contributed by atoms with E-state index in [0.29, 0.717) is 13.1 Å². The lowest BCUT2D eigenvalue weighted by Gasteiger charge is -2.15. The number of ether oxygens (including phenoxy) is 1. The molecule has 0 aromatic heterocycles.